The fourth-order valence-corrected chi connectivity index (χ4v) is 6.36. The van der Waals surface area contributed by atoms with E-state index in [1.165, 1.54) is 29.2 Å². The third-order valence-corrected chi connectivity index (χ3v) is 9.52. The fraction of sp³-hybridized carbons (Fsp3) is 0.257. The number of carbonyl (C=O) groups is 2. The van der Waals surface area contributed by atoms with Gasteiger partial charge in [0.15, 0.2) is 0 Å². The molecule has 0 aliphatic heterocycles. The average Bonchev–Trinajstić information content (AvgIpc) is 3.06. The Morgan fingerprint density at radius 3 is 2.11 bits per heavy atom. The van der Waals surface area contributed by atoms with Crippen LogP contribution in [0.25, 0.3) is 0 Å². The summed E-state index contributed by atoms with van der Waals surface area (Å²) in [6, 6.07) is 29.9. The summed E-state index contributed by atoms with van der Waals surface area (Å²) in [5.74, 6) is -0.268. The molecule has 0 aromatic heterocycles. The predicted molar refractivity (Wildman–Crippen MR) is 178 cm³/mol. The molecule has 0 heterocycles. The molecule has 0 radical (unpaired) electrons. The van der Waals surface area contributed by atoms with Crippen LogP contribution in [-0.4, -0.2) is 50.9 Å². The predicted octanol–water partition coefficient (Wildman–Crippen LogP) is 6.10. The number of amides is 2. The van der Waals surface area contributed by atoms with Crippen LogP contribution in [0.5, 0.6) is 5.75 Å². The van der Waals surface area contributed by atoms with Crippen LogP contribution in [0.15, 0.2) is 114 Å². The number of anilines is 1. The van der Waals surface area contributed by atoms with Crippen LogP contribution in [0.2, 0.25) is 5.02 Å². The minimum atomic E-state index is -4.20. The summed E-state index contributed by atoms with van der Waals surface area (Å²) in [5.41, 5.74) is 1.90. The highest BCUT2D eigenvalue weighted by Gasteiger charge is 2.35. The second-order valence-corrected chi connectivity index (χ2v) is 13.0. The van der Waals surface area contributed by atoms with Crippen molar-refractivity contribution < 1.29 is 22.7 Å². The minimum absolute atomic E-state index is 0.0155. The maximum absolute atomic E-state index is 14.5. The number of benzene rings is 4. The van der Waals surface area contributed by atoms with Gasteiger partial charge in [-0.2, -0.15) is 0 Å². The van der Waals surface area contributed by atoms with Gasteiger partial charge < -0.3 is 15.0 Å². The normalized spacial score (nSPS) is 12.5. The summed E-state index contributed by atoms with van der Waals surface area (Å²) >= 11 is 6.04. The van der Waals surface area contributed by atoms with Gasteiger partial charge in [0.25, 0.3) is 10.0 Å². The van der Waals surface area contributed by atoms with Gasteiger partial charge in [-0.05, 0) is 73.0 Å². The lowest BCUT2D eigenvalue weighted by Gasteiger charge is -2.34. The van der Waals surface area contributed by atoms with E-state index in [1.807, 2.05) is 56.3 Å². The maximum atomic E-state index is 14.5. The summed E-state index contributed by atoms with van der Waals surface area (Å²) in [6.45, 7) is 3.38. The zero-order valence-corrected chi connectivity index (χ0v) is 27.2. The number of para-hydroxylation sites is 1. The van der Waals surface area contributed by atoms with Gasteiger partial charge in [-0.15, -0.1) is 0 Å². The minimum Gasteiger partial charge on any atom is -0.497 e. The second-order valence-electron chi connectivity index (χ2n) is 10.7. The van der Waals surface area contributed by atoms with E-state index in [0.717, 1.165) is 15.4 Å². The van der Waals surface area contributed by atoms with Crippen LogP contribution < -0.4 is 14.4 Å². The molecule has 4 aromatic carbocycles. The molecule has 2 atom stereocenters. The van der Waals surface area contributed by atoms with Gasteiger partial charge in [0.05, 0.1) is 17.7 Å². The Kier molecular flexibility index (Phi) is 11.6. The molecule has 236 valence electrons. The van der Waals surface area contributed by atoms with Crippen LogP contribution in [0.1, 0.15) is 31.4 Å². The molecule has 0 spiro atoms. The summed E-state index contributed by atoms with van der Waals surface area (Å²) in [7, 11) is -2.65. The number of rotatable bonds is 14. The van der Waals surface area contributed by atoms with Crippen molar-refractivity contribution in [2.24, 2.45) is 0 Å². The summed E-state index contributed by atoms with van der Waals surface area (Å²) in [6.07, 6.45) is 0.933. The molecule has 0 aliphatic rings. The third kappa shape index (κ3) is 8.86. The highest BCUT2D eigenvalue weighted by atomic mass is 35.5. The number of hydrogen-bond acceptors (Lipinski definition) is 5. The fourth-order valence-electron chi connectivity index (χ4n) is 4.82. The van der Waals surface area contributed by atoms with Crippen LogP contribution in [-0.2, 0) is 32.6 Å². The molecule has 0 aliphatic carbocycles. The van der Waals surface area contributed by atoms with Crippen LogP contribution in [0, 0.1) is 0 Å². The molecule has 0 fully saturated rings. The Morgan fingerprint density at radius 1 is 0.867 bits per heavy atom. The Balaban J connectivity index is 1.80. The number of methoxy groups -OCH3 is 1. The Bertz CT molecular complexity index is 1670. The SMILES string of the molecule is CC[C@H](C)NC(=O)[C@H](Cc1ccccc1)N(Cc1cccc(OC)c1)C(=O)CN(c1ccccc1)S(=O)(=O)c1ccc(Cl)cc1. The van der Waals surface area contributed by atoms with Crippen molar-refractivity contribution in [3.8, 4) is 5.75 Å². The largest absolute Gasteiger partial charge is 0.497 e. The number of hydrogen-bond donors (Lipinski definition) is 1. The molecular formula is C35H38ClN3O5S. The molecule has 0 unspecified atom stereocenters. The van der Waals surface area contributed by atoms with E-state index in [1.54, 1.807) is 49.6 Å². The first-order valence-electron chi connectivity index (χ1n) is 14.7. The molecule has 0 bridgehead atoms. The lowest BCUT2D eigenvalue weighted by molar-refractivity contribution is -0.140. The van der Waals surface area contributed by atoms with E-state index in [-0.39, 0.29) is 29.8 Å². The molecule has 10 heteroatoms. The average molecular weight is 648 g/mol. The van der Waals surface area contributed by atoms with Gasteiger partial charge in [-0.3, -0.25) is 13.9 Å². The van der Waals surface area contributed by atoms with Gasteiger partial charge >= 0.3 is 0 Å². The zero-order chi connectivity index (χ0) is 32.4. The molecule has 0 saturated heterocycles. The van der Waals surface area contributed by atoms with Gasteiger partial charge in [-0.1, -0.05) is 79.2 Å². The van der Waals surface area contributed by atoms with Crippen LogP contribution in [0.4, 0.5) is 5.69 Å². The van der Waals surface area contributed by atoms with Crippen molar-refractivity contribution in [2.75, 3.05) is 18.0 Å². The smallest absolute Gasteiger partial charge is 0.264 e. The number of nitrogens with zero attached hydrogens (tertiary/aromatic N) is 2. The molecule has 0 saturated carbocycles. The Morgan fingerprint density at radius 2 is 1.49 bits per heavy atom. The number of halogens is 1. The highest BCUT2D eigenvalue weighted by Crippen LogP contribution is 2.26. The van der Waals surface area contributed by atoms with E-state index in [9.17, 15) is 18.0 Å². The van der Waals surface area contributed by atoms with E-state index in [2.05, 4.69) is 5.32 Å². The van der Waals surface area contributed by atoms with Crippen molar-refractivity contribution in [3.05, 3.63) is 125 Å². The monoisotopic (exact) mass is 647 g/mol. The lowest BCUT2D eigenvalue weighted by atomic mass is 10.0. The second kappa shape index (κ2) is 15.6. The Labute approximate surface area is 270 Å². The van der Waals surface area contributed by atoms with Crippen molar-refractivity contribution in [1.82, 2.24) is 10.2 Å². The van der Waals surface area contributed by atoms with Crippen molar-refractivity contribution in [2.45, 2.75) is 50.2 Å². The number of nitrogens with one attached hydrogen (secondary N) is 1. The topological polar surface area (TPSA) is 96.0 Å². The molecule has 1 N–H and O–H groups in total. The lowest BCUT2D eigenvalue weighted by Crippen LogP contribution is -2.54. The first-order valence-corrected chi connectivity index (χ1v) is 16.5. The maximum Gasteiger partial charge on any atom is 0.264 e. The number of ether oxygens (including phenoxy) is 1. The zero-order valence-electron chi connectivity index (χ0n) is 25.6. The van der Waals surface area contributed by atoms with Crippen molar-refractivity contribution in [1.29, 1.82) is 0 Å². The number of sulfonamides is 1. The van der Waals surface area contributed by atoms with Gasteiger partial charge in [0, 0.05) is 24.0 Å². The summed E-state index contributed by atoms with van der Waals surface area (Å²) in [5, 5.41) is 3.42. The first-order chi connectivity index (χ1) is 21.6. The molecule has 45 heavy (non-hydrogen) atoms. The third-order valence-electron chi connectivity index (χ3n) is 7.48. The highest BCUT2D eigenvalue weighted by molar-refractivity contribution is 7.92. The van der Waals surface area contributed by atoms with Crippen molar-refractivity contribution in [3.63, 3.8) is 0 Å². The van der Waals surface area contributed by atoms with Crippen LogP contribution >= 0.6 is 11.6 Å². The Hall–Kier alpha value is -4.34. The summed E-state index contributed by atoms with van der Waals surface area (Å²) < 4.78 is 34.6. The molecule has 4 aromatic rings. The van der Waals surface area contributed by atoms with Crippen LogP contribution in [0.3, 0.4) is 0 Å². The standard InChI is InChI=1S/C35H38ClN3O5S/c1-4-26(2)37-35(41)33(23-27-12-7-5-8-13-27)38(24-28-14-11-17-31(22-28)44-3)34(40)25-39(30-15-9-6-10-16-30)45(42,43)32-20-18-29(36)19-21-32/h5-22,26,33H,4,23-25H2,1-3H3,(H,37,41)/t26-,33-/m0/s1. The van der Waals surface area contributed by atoms with E-state index in [4.69, 9.17) is 16.3 Å². The molecule has 4 rings (SSSR count). The van der Waals surface area contributed by atoms with Crippen molar-refractivity contribution >= 4 is 39.1 Å². The number of carbonyl (C=O) groups excluding carboxylic acids is 2. The molecule has 8 nitrogen and oxygen atoms in total. The molecule has 2 amide bonds. The van der Waals surface area contributed by atoms with Gasteiger partial charge in [0.2, 0.25) is 11.8 Å². The van der Waals surface area contributed by atoms with E-state index in [0.29, 0.717) is 22.9 Å². The van der Waals surface area contributed by atoms with E-state index >= 15 is 0 Å². The van der Waals surface area contributed by atoms with Gasteiger partial charge in [-0.25, -0.2) is 8.42 Å². The van der Waals surface area contributed by atoms with Gasteiger partial charge in [0.1, 0.15) is 18.3 Å². The first kappa shape index (κ1) is 33.6. The van der Waals surface area contributed by atoms with E-state index < -0.39 is 28.5 Å². The quantitative estimate of drug-likeness (QED) is 0.179. The molecular weight excluding hydrogens is 610 g/mol. The summed E-state index contributed by atoms with van der Waals surface area (Å²) in [4.78, 5) is 29.9.